The molecule has 9 heteroatoms. The number of hydrogen-bond acceptors (Lipinski definition) is 6. The van der Waals surface area contributed by atoms with Crippen LogP contribution in [-0.2, 0) is 11.3 Å². The number of amides is 1. The van der Waals surface area contributed by atoms with Gasteiger partial charge in [0.1, 0.15) is 23.1 Å². The minimum absolute atomic E-state index is 0.00192. The van der Waals surface area contributed by atoms with Crippen molar-refractivity contribution in [2.45, 2.75) is 33.7 Å². The zero-order chi connectivity index (χ0) is 29.2. The number of hydrazone groups is 1. The van der Waals surface area contributed by atoms with E-state index in [1.807, 2.05) is 55.6 Å². The van der Waals surface area contributed by atoms with Crippen LogP contribution in [0.4, 0.5) is 0 Å². The number of rotatable bonds is 9. The number of fused-ring (bicyclic) bond motifs is 2. The molecular formula is C33H31N5O3S. The summed E-state index contributed by atoms with van der Waals surface area (Å²) in [6, 6.07) is 22.1. The molecule has 2 aliphatic rings. The molecular weight excluding hydrogens is 546 g/mol. The monoisotopic (exact) mass is 577 g/mol. The molecule has 42 heavy (non-hydrogen) atoms. The number of amidine groups is 2. The highest BCUT2D eigenvalue weighted by Gasteiger charge is 2.36. The SMILES string of the molecule is Cc1cc(C)cc(OCCCn2cc(C=C3C(=N)N4N=C(COc5ccccc5C)SC4=NC3=O)c3ccccc32)c1. The van der Waals surface area contributed by atoms with Crippen molar-refractivity contribution >= 4 is 50.7 Å². The van der Waals surface area contributed by atoms with Crippen LogP contribution in [0, 0.1) is 26.2 Å². The molecule has 6 rings (SSSR count). The highest BCUT2D eigenvalue weighted by atomic mass is 32.2. The first kappa shape index (κ1) is 27.5. The number of nitrogens with one attached hydrogen (secondary N) is 1. The Hall–Kier alpha value is -4.63. The number of aromatic nitrogens is 1. The molecule has 2 aliphatic heterocycles. The number of para-hydroxylation sites is 2. The Kier molecular flexibility index (Phi) is 7.67. The van der Waals surface area contributed by atoms with Gasteiger partial charge in [-0.15, -0.1) is 0 Å². The van der Waals surface area contributed by atoms with Gasteiger partial charge in [-0.25, -0.2) is 0 Å². The molecule has 8 nitrogen and oxygen atoms in total. The summed E-state index contributed by atoms with van der Waals surface area (Å²) < 4.78 is 14.1. The Balaban J connectivity index is 1.18. The number of aliphatic imine (C=N–C) groups is 1. The fraction of sp³-hybridized carbons (Fsp3) is 0.212. The van der Waals surface area contributed by atoms with E-state index >= 15 is 0 Å². The van der Waals surface area contributed by atoms with Crippen LogP contribution in [0.25, 0.3) is 17.0 Å². The summed E-state index contributed by atoms with van der Waals surface area (Å²) in [6.07, 6.45) is 4.59. The van der Waals surface area contributed by atoms with E-state index in [0.717, 1.165) is 46.5 Å². The first-order valence-electron chi connectivity index (χ1n) is 13.8. The van der Waals surface area contributed by atoms with Gasteiger partial charge in [0.05, 0.1) is 12.2 Å². The summed E-state index contributed by atoms with van der Waals surface area (Å²) in [7, 11) is 0. The zero-order valence-electron chi connectivity index (χ0n) is 23.8. The maximum absolute atomic E-state index is 13.1. The van der Waals surface area contributed by atoms with Gasteiger partial charge < -0.3 is 14.0 Å². The number of aryl methyl sites for hydroxylation is 4. The van der Waals surface area contributed by atoms with Crippen LogP contribution in [0.3, 0.4) is 0 Å². The van der Waals surface area contributed by atoms with Gasteiger partial charge in [-0.1, -0.05) is 42.5 Å². The molecule has 1 amide bonds. The van der Waals surface area contributed by atoms with E-state index in [2.05, 4.69) is 52.8 Å². The Labute approximate surface area is 248 Å². The lowest BCUT2D eigenvalue weighted by atomic mass is 10.1. The fourth-order valence-electron chi connectivity index (χ4n) is 5.12. The normalized spacial score (nSPS) is 15.7. The number of ether oxygens (including phenoxy) is 2. The molecule has 0 aliphatic carbocycles. The molecule has 0 bridgehead atoms. The Bertz CT molecular complexity index is 1780. The smallest absolute Gasteiger partial charge is 0.283 e. The molecule has 3 aromatic carbocycles. The Morgan fingerprint density at radius 2 is 1.74 bits per heavy atom. The zero-order valence-corrected chi connectivity index (χ0v) is 24.6. The van der Waals surface area contributed by atoms with Gasteiger partial charge in [-0.05, 0) is 86.0 Å². The van der Waals surface area contributed by atoms with E-state index < -0.39 is 5.91 Å². The number of thioether (sulfide) groups is 1. The Morgan fingerprint density at radius 1 is 0.976 bits per heavy atom. The minimum atomic E-state index is -0.450. The molecule has 0 saturated carbocycles. The topological polar surface area (TPSA) is 92.3 Å². The lowest BCUT2D eigenvalue weighted by Gasteiger charge is -2.20. The van der Waals surface area contributed by atoms with Crippen molar-refractivity contribution in [3.8, 4) is 11.5 Å². The van der Waals surface area contributed by atoms with E-state index in [4.69, 9.17) is 14.9 Å². The van der Waals surface area contributed by atoms with E-state index in [9.17, 15) is 4.79 Å². The van der Waals surface area contributed by atoms with Crippen molar-refractivity contribution in [1.82, 2.24) is 9.58 Å². The number of carbonyl (C=O) groups is 1. The largest absolute Gasteiger partial charge is 0.494 e. The first-order chi connectivity index (χ1) is 20.4. The van der Waals surface area contributed by atoms with Crippen molar-refractivity contribution in [3.05, 3.63) is 101 Å². The van der Waals surface area contributed by atoms with Gasteiger partial charge in [0, 0.05) is 29.2 Å². The molecule has 0 atom stereocenters. The van der Waals surface area contributed by atoms with Gasteiger partial charge in [-0.3, -0.25) is 10.2 Å². The highest BCUT2D eigenvalue weighted by molar-refractivity contribution is 8.27. The van der Waals surface area contributed by atoms with Crippen LogP contribution in [0.2, 0.25) is 0 Å². The van der Waals surface area contributed by atoms with Crippen LogP contribution in [0.1, 0.15) is 28.7 Å². The quantitative estimate of drug-likeness (QED) is 0.176. The van der Waals surface area contributed by atoms with E-state index in [1.165, 1.54) is 27.9 Å². The lowest BCUT2D eigenvalue weighted by molar-refractivity contribution is -0.114. The molecule has 1 N–H and O–H groups in total. The van der Waals surface area contributed by atoms with E-state index in [0.29, 0.717) is 16.8 Å². The van der Waals surface area contributed by atoms with Gasteiger partial charge >= 0.3 is 0 Å². The average Bonchev–Trinajstić information content (AvgIpc) is 3.53. The second-order valence-corrected chi connectivity index (χ2v) is 11.4. The third-order valence-electron chi connectivity index (χ3n) is 7.07. The summed E-state index contributed by atoms with van der Waals surface area (Å²) in [6.45, 7) is 7.69. The molecule has 0 unspecified atom stereocenters. The molecule has 3 heterocycles. The molecule has 0 fully saturated rings. The third-order valence-corrected chi connectivity index (χ3v) is 7.95. The van der Waals surface area contributed by atoms with E-state index in [1.54, 1.807) is 6.08 Å². The summed E-state index contributed by atoms with van der Waals surface area (Å²) in [5.41, 5.74) is 5.50. The first-order valence-corrected chi connectivity index (χ1v) is 14.6. The highest BCUT2D eigenvalue weighted by Crippen LogP contribution is 2.31. The number of hydrogen-bond donors (Lipinski definition) is 1. The summed E-state index contributed by atoms with van der Waals surface area (Å²) in [4.78, 5) is 17.3. The average molecular weight is 578 g/mol. The maximum Gasteiger partial charge on any atom is 0.283 e. The Morgan fingerprint density at radius 3 is 2.55 bits per heavy atom. The number of benzene rings is 3. The molecule has 0 spiro atoms. The number of nitrogens with zero attached hydrogens (tertiary/aromatic N) is 4. The van der Waals surface area contributed by atoms with Gasteiger partial charge in [-0.2, -0.15) is 15.1 Å². The van der Waals surface area contributed by atoms with E-state index in [-0.39, 0.29) is 18.0 Å². The summed E-state index contributed by atoms with van der Waals surface area (Å²) in [5.74, 6) is 1.21. The van der Waals surface area contributed by atoms with Crippen molar-refractivity contribution in [3.63, 3.8) is 0 Å². The van der Waals surface area contributed by atoms with Crippen LogP contribution in [0.15, 0.2) is 88.6 Å². The molecule has 4 aromatic rings. The van der Waals surface area contributed by atoms with Crippen LogP contribution in [0.5, 0.6) is 11.5 Å². The minimum Gasteiger partial charge on any atom is -0.494 e. The standard InChI is InChI=1S/C33H31N5O3S/c1-21-15-22(2)17-25(16-21)40-14-8-13-37-19-24(26-10-5-6-11-28(26)37)18-27-31(34)38-33(35-32(27)39)42-30(36-38)20-41-29-12-7-4-9-23(29)3/h4-7,9-12,15-19,34H,8,13-14,20H2,1-3H3. The molecule has 0 saturated heterocycles. The molecule has 0 radical (unpaired) electrons. The lowest BCUT2D eigenvalue weighted by Crippen LogP contribution is -2.35. The molecule has 212 valence electrons. The van der Waals surface area contributed by atoms with Crippen LogP contribution >= 0.6 is 11.8 Å². The van der Waals surface area contributed by atoms with Crippen molar-refractivity contribution in [2.75, 3.05) is 13.2 Å². The van der Waals surface area contributed by atoms with Crippen LogP contribution in [-0.4, -0.2) is 44.7 Å². The number of carbonyl (C=O) groups excluding carboxylic acids is 1. The molecule has 1 aromatic heterocycles. The summed E-state index contributed by atoms with van der Waals surface area (Å²) >= 11 is 1.25. The van der Waals surface area contributed by atoms with Gasteiger partial charge in [0.25, 0.3) is 5.91 Å². The van der Waals surface area contributed by atoms with Crippen molar-refractivity contribution in [2.24, 2.45) is 10.1 Å². The van der Waals surface area contributed by atoms with Crippen LogP contribution < -0.4 is 9.47 Å². The van der Waals surface area contributed by atoms with Gasteiger partial charge in [0.2, 0.25) is 5.17 Å². The fourth-order valence-corrected chi connectivity index (χ4v) is 5.92. The third kappa shape index (κ3) is 5.73. The van der Waals surface area contributed by atoms with Gasteiger partial charge in [0.15, 0.2) is 5.84 Å². The van der Waals surface area contributed by atoms with Crippen molar-refractivity contribution in [1.29, 1.82) is 5.41 Å². The maximum atomic E-state index is 13.1. The predicted octanol–water partition coefficient (Wildman–Crippen LogP) is 6.73. The predicted molar refractivity (Wildman–Crippen MR) is 170 cm³/mol. The van der Waals surface area contributed by atoms with Crippen molar-refractivity contribution < 1.29 is 14.3 Å². The summed E-state index contributed by atoms with van der Waals surface area (Å²) in [5, 5.41) is 16.8. The second-order valence-electron chi connectivity index (χ2n) is 10.4. The second kappa shape index (κ2) is 11.7.